The van der Waals surface area contributed by atoms with Gasteiger partial charge in [-0.1, -0.05) is 44.2 Å². The summed E-state index contributed by atoms with van der Waals surface area (Å²) >= 11 is 0. The highest BCUT2D eigenvalue weighted by atomic mass is 16.5. The molecule has 11 heteroatoms. The van der Waals surface area contributed by atoms with Crippen molar-refractivity contribution in [1.82, 2.24) is 29.8 Å². The molecule has 3 amide bonds. The van der Waals surface area contributed by atoms with E-state index in [1.807, 2.05) is 54.8 Å². The van der Waals surface area contributed by atoms with Crippen LogP contribution in [0.3, 0.4) is 0 Å². The second kappa shape index (κ2) is 14.0. The largest absolute Gasteiger partial charge is 0.369 e. The fraction of sp³-hybridized carbons (Fsp3) is 0.556. The summed E-state index contributed by atoms with van der Waals surface area (Å²) in [5, 5.41) is 7.64. The molecule has 4 heterocycles. The summed E-state index contributed by atoms with van der Waals surface area (Å²) in [7, 11) is 2.13. The Labute approximate surface area is 278 Å². The van der Waals surface area contributed by atoms with Gasteiger partial charge in [0.25, 0.3) is 0 Å². The van der Waals surface area contributed by atoms with Gasteiger partial charge < -0.3 is 29.7 Å². The van der Waals surface area contributed by atoms with Crippen molar-refractivity contribution in [2.45, 2.75) is 71.2 Å². The van der Waals surface area contributed by atoms with Gasteiger partial charge in [-0.05, 0) is 63.8 Å². The monoisotopic (exact) mass is 643 g/mol. The van der Waals surface area contributed by atoms with Crippen molar-refractivity contribution < 1.29 is 19.1 Å². The third-order valence-electron chi connectivity index (χ3n) is 9.93. The quantitative estimate of drug-likeness (QED) is 0.391. The van der Waals surface area contributed by atoms with E-state index in [9.17, 15) is 14.4 Å². The fourth-order valence-electron chi connectivity index (χ4n) is 7.18. The molecule has 0 spiro atoms. The van der Waals surface area contributed by atoms with Crippen molar-refractivity contribution in [3.63, 3.8) is 0 Å². The highest BCUT2D eigenvalue weighted by molar-refractivity contribution is 6.36. The van der Waals surface area contributed by atoms with E-state index in [0.717, 1.165) is 73.5 Å². The average Bonchev–Trinajstić information content (AvgIpc) is 3.42. The number of benzene rings is 1. The molecule has 2 aromatic rings. The minimum absolute atomic E-state index is 0.0452. The van der Waals surface area contributed by atoms with E-state index in [-0.39, 0.29) is 30.6 Å². The second-order valence-electron chi connectivity index (χ2n) is 13.8. The number of amides is 3. The van der Waals surface area contributed by atoms with Crippen molar-refractivity contribution in [1.29, 1.82) is 0 Å². The molecule has 1 aromatic heterocycles. The molecule has 252 valence electrons. The van der Waals surface area contributed by atoms with E-state index >= 15 is 0 Å². The first-order chi connectivity index (χ1) is 22.6. The van der Waals surface area contributed by atoms with Crippen LogP contribution in [0.5, 0.6) is 0 Å². The number of allylic oxidation sites excluding steroid dienone is 2. The van der Waals surface area contributed by atoms with E-state index in [1.54, 1.807) is 4.90 Å². The first-order valence-electron chi connectivity index (χ1n) is 17.1. The zero-order valence-corrected chi connectivity index (χ0v) is 28.3. The summed E-state index contributed by atoms with van der Waals surface area (Å²) in [5.41, 5.74) is 5.28. The smallest absolute Gasteiger partial charge is 0.313 e. The number of hydrogen-bond donors (Lipinski definition) is 1. The molecule has 6 rings (SSSR count). The molecule has 0 radical (unpaired) electrons. The summed E-state index contributed by atoms with van der Waals surface area (Å²) in [4.78, 5) is 49.7. The lowest BCUT2D eigenvalue weighted by molar-refractivity contribution is -0.153. The molecule has 1 unspecified atom stereocenters. The molecule has 1 aliphatic carbocycles. The Bertz CT molecular complexity index is 1530. The van der Waals surface area contributed by atoms with Gasteiger partial charge >= 0.3 is 11.8 Å². The summed E-state index contributed by atoms with van der Waals surface area (Å²) in [6.45, 7) is 15.0. The van der Waals surface area contributed by atoms with Crippen molar-refractivity contribution >= 4 is 29.1 Å². The van der Waals surface area contributed by atoms with Crippen LogP contribution in [0.1, 0.15) is 75.5 Å². The fourth-order valence-corrected chi connectivity index (χ4v) is 7.18. The maximum absolute atomic E-state index is 14.2. The number of nitrogens with zero attached hydrogens (tertiary/aromatic N) is 6. The number of anilines is 1. The topological polar surface area (TPSA) is 103 Å². The van der Waals surface area contributed by atoms with Gasteiger partial charge in [0, 0.05) is 69.1 Å². The summed E-state index contributed by atoms with van der Waals surface area (Å²) in [6, 6.07) is 7.52. The van der Waals surface area contributed by atoms with Crippen LogP contribution in [-0.2, 0) is 25.5 Å². The maximum atomic E-state index is 14.2. The predicted octanol–water partition coefficient (Wildman–Crippen LogP) is 3.75. The number of aromatic nitrogens is 2. The van der Waals surface area contributed by atoms with E-state index in [1.165, 1.54) is 0 Å². The first kappa shape index (κ1) is 33.0. The van der Waals surface area contributed by atoms with Crippen LogP contribution in [0.2, 0.25) is 0 Å². The van der Waals surface area contributed by atoms with Crippen LogP contribution in [0.4, 0.5) is 5.69 Å². The normalized spacial score (nSPS) is 24.1. The lowest BCUT2D eigenvalue weighted by atomic mass is 9.97. The Morgan fingerprint density at radius 2 is 1.85 bits per heavy atom. The van der Waals surface area contributed by atoms with Gasteiger partial charge in [-0.25, -0.2) is 4.68 Å². The molecule has 3 fully saturated rings. The lowest BCUT2D eigenvalue weighted by Crippen LogP contribution is -2.59. The number of likely N-dealkylation sites (N-methyl/N-ethyl adjacent to an activating group) is 1. The van der Waals surface area contributed by atoms with Gasteiger partial charge in [-0.15, -0.1) is 0 Å². The minimum atomic E-state index is -0.705. The number of piperazine rings is 2. The molecule has 0 bridgehead atoms. The van der Waals surface area contributed by atoms with E-state index in [4.69, 9.17) is 4.74 Å². The molecule has 4 aliphatic rings. The Hall–Kier alpha value is -3.96. The number of hydrogen-bond acceptors (Lipinski definition) is 7. The van der Waals surface area contributed by atoms with Crippen LogP contribution in [0.25, 0.3) is 5.70 Å². The molecule has 3 atom stereocenters. The Balaban J connectivity index is 1.28. The molecule has 1 aromatic carbocycles. The van der Waals surface area contributed by atoms with Crippen LogP contribution in [0.15, 0.2) is 48.7 Å². The highest BCUT2D eigenvalue weighted by Crippen LogP contribution is 2.34. The molecule has 3 aliphatic heterocycles. The number of fused-ring (bicyclic) bond motifs is 1. The minimum Gasteiger partial charge on any atom is -0.369 e. The number of ether oxygens (including phenoxy) is 1. The van der Waals surface area contributed by atoms with Gasteiger partial charge in [-0.2, -0.15) is 5.10 Å². The van der Waals surface area contributed by atoms with Gasteiger partial charge in [0.1, 0.15) is 0 Å². The lowest BCUT2D eigenvalue weighted by Gasteiger charge is -2.46. The van der Waals surface area contributed by atoms with Crippen molar-refractivity contribution in [2.75, 3.05) is 57.8 Å². The standard InChI is InChI=1S/C36H49N7O4/c1-24(2)35(45)41-23-31(27-9-8-10-29(20-27)40-16-14-39(5)15-17-40)42(22-26(41)4)36(46)34(44)38-30-13-12-25(3)19-28-21-37-43(33(28)30)32-11-6-7-18-47-32/h8-10,13,20-21,24,26,31-32H,3,6-7,11-12,14-19,22-23H2,1-2,4-5H3,(H,38,44)/t26-,31-,32?/m1/s1. The van der Waals surface area contributed by atoms with Gasteiger partial charge in [0.15, 0.2) is 6.23 Å². The predicted molar refractivity (Wildman–Crippen MR) is 181 cm³/mol. The Morgan fingerprint density at radius 3 is 2.57 bits per heavy atom. The molecular weight excluding hydrogens is 594 g/mol. The van der Waals surface area contributed by atoms with Crippen molar-refractivity contribution in [3.05, 3.63) is 65.5 Å². The van der Waals surface area contributed by atoms with Gasteiger partial charge in [0.05, 0.1) is 23.6 Å². The molecular formula is C36H49N7O4. The molecule has 11 nitrogen and oxygen atoms in total. The molecule has 1 N–H and O–H groups in total. The molecule has 3 saturated heterocycles. The van der Waals surface area contributed by atoms with Gasteiger partial charge in [0.2, 0.25) is 5.91 Å². The number of carbonyl (C=O) groups is 3. The van der Waals surface area contributed by atoms with Crippen LogP contribution < -0.4 is 10.2 Å². The SMILES string of the molecule is C=C1CC=C(NC(=O)C(=O)N2C[C@@H](C)N(C(=O)C(C)C)C[C@@H]2c2cccc(N3CCN(C)CC3)c2)c2c(cnn2C2CCCCO2)C1. The Kier molecular flexibility index (Phi) is 9.84. The first-order valence-corrected chi connectivity index (χ1v) is 17.1. The zero-order chi connectivity index (χ0) is 33.2. The third-order valence-corrected chi connectivity index (χ3v) is 9.93. The zero-order valence-electron chi connectivity index (χ0n) is 28.3. The maximum Gasteiger partial charge on any atom is 0.313 e. The van der Waals surface area contributed by atoms with E-state index in [0.29, 0.717) is 31.7 Å². The average molecular weight is 644 g/mol. The van der Waals surface area contributed by atoms with Crippen LogP contribution in [-0.4, -0.2) is 101 Å². The number of nitrogens with one attached hydrogen (secondary N) is 1. The number of rotatable bonds is 5. The van der Waals surface area contributed by atoms with Crippen molar-refractivity contribution in [2.24, 2.45) is 5.92 Å². The summed E-state index contributed by atoms with van der Waals surface area (Å²) < 4.78 is 7.91. The van der Waals surface area contributed by atoms with Gasteiger partial charge in [-0.3, -0.25) is 14.4 Å². The summed E-state index contributed by atoms with van der Waals surface area (Å²) in [5.74, 6) is -1.45. The molecule has 47 heavy (non-hydrogen) atoms. The highest BCUT2D eigenvalue weighted by Gasteiger charge is 2.40. The Morgan fingerprint density at radius 1 is 1.06 bits per heavy atom. The molecule has 0 saturated carbocycles. The second-order valence-corrected chi connectivity index (χ2v) is 13.8. The van der Waals surface area contributed by atoms with Crippen LogP contribution >= 0.6 is 0 Å². The van der Waals surface area contributed by atoms with E-state index < -0.39 is 17.9 Å². The van der Waals surface area contributed by atoms with Crippen molar-refractivity contribution in [3.8, 4) is 0 Å². The van der Waals surface area contributed by atoms with E-state index in [2.05, 4.69) is 46.0 Å². The van der Waals surface area contributed by atoms with Crippen LogP contribution in [0, 0.1) is 5.92 Å². The summed E-state index contributed by atoms with van der Waals surface area (Å²) in [6.07, 6.45) is 7.64. The third kappa shape index (κ3) is 7.01. The number of carbonyl (C=O) groups excluding carboxylic acids is 3.